The van der Waals surface area contributed by atoms with Crippen molar-refractivity contribution in [2.24, 2.45) is 0 Å². The summed E-state index contributed by atoms with van der Waals surface area (Å²) in [5.41, 5.74) is 2.02. The highest BCUT2D eigenvalue weighted by molar-refractivity contribution is 5.66. The molecule has 0 heterocycles. The maximum atomic E-state index is 11.0. The Hall–Kier alpha value is -2.57. The second-order valence-electron chi connectivity index (χ2n) is 7.77. The van der Waals surface area contributed by atoms with Crippen molar-refractivity contribution in [2.75, 3.05) is 19.8 Å². The van der Waals surface area contributed by atoms with Crippen molar-refractivity contribution in [2.45, 2.75) is 51.7 Å². The molecule has 2 aromatic carbocycles. The van der Waals surface area contributed by atoms with Crippen molar-refractivity contribution in [1.29, 1.82) is 0 Å². The molecule has 6 nitrogen and oxygen atoms in total. The van der Waals surface area contributed by atoms with Crippen molar-refractivity contribution in [3.63, 3.8) is 0 Å². The molecule has 0 aromatic heterocycles. The molecule has 0 unspecified atom stereocenters. The first-order chi connectivity index (χ1) is 14.3. The average Bonchev–Trinajstić information content (AvgIpc) is 2.75. The Kier molecular flexibility index (Phi) is 8.69. The monoisotopic (exact) mass is 416 g/mol. The lowest BCUT2D eigenvalue weighted by atomic mass is 9.78. The minimum absolute atomic E-state index is 0.0903. The molecule has 0 aliphatic heterocycles. The molecule has 0 spiro atoms. The minimum Gasteiger partial charge on any atom is -0.491 e. The first kappa shape index (κ1) is 23.7. The third-order valence-electron chi connectivity index (χ3n) is 5.04. The molecule has 2 aromatic rings. The second kappa shape index (κ2) is 11.0. The van der Waals surface area contributed by atoms with Gasteiger partial charge in [-0.2, -0.15) is 0 Å². The number of hydrogen-bond donors (Lipinski definition) is 2. The topological polar surface area (TPSA) is 85.2 Å². The molecule has 0 saturated carbocycles. The second-order valence-corrected chi connectivity index (χ2v) is 7.77. The van der Waals surface area contributed by atoms with Gasteiger partial charge in [0, 0.05) is 12.3 Å². The van der Waals surface area contributed by atoms with Gasteiger partial charge in [-0.1, -0.05) is 45.0 Å². The molecular weight excluding hydrogens is 384 g/mol. The Bertz CT molecular complexity index is 782. The van der Waals surface area contributed by atoms with Gasteiger partial charge < -0.3 is 24.4 Å². The molecule has 0 aliphatic rings. The van der Waals surface area contributed by atoms with Crippen LogP contribution in [0.1, 0.15) is 45.2 Å². The lowest BCUT2D eigenvalue weighted by Gasteiger charge is -2.26. The highest BCUT2D eigenvalue weighted by Gasteiger charge is 2.23. The summed E-state index contributed by atoms with van der Waals surface area (Å²) in [6.07, 6.45) is -0.476. The summed E-state index contributed by atoms with van der Waals surface area (Å²) in [5.74, 6) is 0.920. The number of carbonyl (C=O) groups excluding carboxylic acids is 1. The van der Waals surface area contributed by atoms with E-state index in [2.05, 4.69) is 13.8 Å². The van der Waals surface area contributed by atoms with Crippen LogP contribution in [0.25, 0.3) is 0 Å². The number of ether oxygens (including phenoxy) is 3. The van der Waals surface area contributed by atoms with E-state index in [0.717, 1.165) is 16.9 Å². The van der Waals surface area contributed by atoms with E-state index in [1.165, 1.54) is 6.92 Å². The molecule has 2 rings (SSSR count). The van der Waals surface area contributed by atoms with E-state index < -0.39 is 18.2 Å². The number of carbonyl (C=O) groups is 1. The smallest absolute Gasteiger partial charge is 0.303 e. The lowest BCUT2D eigenvalue weighted by molar-refractivity contribution is -0.150. The van der Waals surface area contributed by atoms with Crippen LogP contribution >= 0.6 is 0 Å². The Labute approximate surface area is 178 Å². The van der Waals surface area contributed by atoms with Crippen molar-refractivity contribution >= 4 is 5.97 Å². The quantitative estimate of drug-likeness (QED) is 0.546. The van der Waals surface area contributed by atoms with Crippen molar-refractivity contribution in [3.05, 3.63) is 59.7 Å². The van der Waals surface area contributed by atoms with Crippen molar-refractivity contribution in [3.8, 4) is 11.5 Å². The molecule has 0 fully saturated rings. The molecular formula is C24H32O6. The van der Waals surface area contributed by atoms with Crippen LogP contribution in [0.4, 0.5) is 0 Å². The van der Waals surface area contributed by atoms with Crippen LogP contribution in [0.15, 0.2) is 48.5 Å². The van der Waals surface area contributed by atoms with Crippen LogP contribution < -0.4 is 9.47 Å². The van der Waals surface area contributed by atoms with Gasteiger partial charge in [0.15, 0.2) is 6.10 Å². The van der Waals surface area contributed by atoms with Gasteiger partial charge in [0.25, 0.3) is 0 Å². The molecule has 2 atom stereocenters. The largest absolute Gasteiger partial charge is 0.491 e. The van der Waals surface area contributed by atoms with E-state index in [4.69, 9.17) is 14.2 Å². The predicted molar refractivity (Wildman–Crippen MR) is 115 cm³/mol. The van der Waals surface area contributed by atoms with Gasteiger partial charge in [-0.25, -0.2) is 0 Å². The maximum absolute atomic E-state index is 11.0. The highest BCUT2D eigenvalue weighted by atomic mass is 16.6. The first-order valence-corrected chi connectivity index (χ1v) is 10.2. The van der Waals surface area contributed by atoms with E-state index in [0.29, 0.717) is 12.2 Å². The fraction of sp³-hybridized carbons (Fsp3) is 0.458. The number of aliphatic hydroxyl groups is 2. The summed E-state index contributed by atoms with van der Waals surface area (Å²) in [6, 6.07) is 15.6. The van der Waals surface area contributed by atoms with Crippen molar-refractivity contribution in [1.82, 2.24) is 0 Å². The van der Waals surface area contributed by atoms with Crippen LogP contribution in [0.3, 0.4) is 0 Å². The van der Waals surface area contributed by atoms with Crippen molar-refractivity contribution < 1.29 is 29.2 Å². The van der Waals surface area contributed by atoms with Crippen LogP contribution in [0, 0.1) is 0 Å². The Morgan fingerprint density at radius 1 is 0.933 bits per heavy atom. The van der Waals surface area contributed by atoms with Gasteiger partial charge in [0.2, 0.25) is 0 Å². The SMILES string of the molecule is CC[C@H](O)COc1ccc(C(C)(C)c2ccc(OC[C@H](CO)OC(C)=O)cc2)cc1. The van der Waals surface area contributed by atoms with Gasteiger partial charge in [0.05, 0.1) is 12.7 Å². The normalized spacial score (nSPS) is 13.4. The molecule has 164 valence electrons. The molecule has 0 radical (unpaired) electrons. The number of benzene rings is 2. The molecule has 0 aliphatic carbocycles. The zero-order valence-electron chi connectivity index (χ0n) is 18.1. The Morgan fingerprint density at radius 3 is 1.80 bits per heavy atom. The summed E-state index contributed by atoms with van der Waals surface area (Å²) in [6.45, 7) is 7.59. The van der Waals surface area contributed by atoms with E-state index in [9.17, 15) is 15.0 Å². The first-order valence-electron chi connectivity index (χ1n) is 10.2. The van der Waals surface area contributed by atoms with Crippen LogP contribution in [-0.4, -0.2) is 48.2 Å². The third-order valence-corrected chi connectivity index (χ3v) is 5.04. The number of aliphatic hydroxyl groups excluding tert-OH is 2. The summed E-state index contributed by atoms with van der Waals surface area (Å²) in [4.78, 5) is 11.0. The maximum Gasteiger partial charge on any atom is 0.303 e. The predicted octanol–water partition coefficient (Wildman–Crippen LogP) is 3.47. The van der Waals surface area contributed by atoms with E-state index in [1.807, 2.05) is 55.5 Å². The van der Waals surface area contributed by atoms with E-state index in [-0.39, 0.29) is 25.2 Å². The molecule has 6 heteroatoms. The summed E-state index contributed by atoms with van der Waals surface area (Å²) in [7, 11) is 0. The number of rotatable bonds is 11. The van der Waals surface area contributed by atoms with Gasteiger partial charge in [-0.15, -0.1) is 0 Å². The standard InChI is InChI=1S/C24H32O6/c1-5-20(27)15-28-21-10-6-18(7-11-21)24(3,4)19-8-12-22(13-9-19)29-16-23(14-25)30-17(2)26/h6-13,20,23,25,27H,5,14-16H2,1-4H3/t20-,23-/m0/s1. The lowest BCUT2D eigenvalue weighted by Crippen LogP contribution is -2.27. The third kappa shape index (κ3) is 6.75. The van der Waals surface area contributed by atoms with E-state index >= 15 is 0 Å². The Balaban J connectivity index is 2.01. The average molecular weight is 417 g/mol. The zero-order chi connectivity index (χ0) is 22.1. The Morgan fingerprint density at radius 2 is 1.40 bits per heavy atom. The van der Waals surface area contributed by atoms with Crippen LogP contribution in [0.2, 0.25) is 0 Å². The van der Waals surface area contributed by atoms with Crippen LogP contribution in [-0.2, 0) is 14.9 Å². The van der Waals surface area contributed by atoms with Gasteiger partial charge >= 0.3 is 5.97 Å². The molecule has 2 N–H and O–H groups in total. The van der Waals surface area contributed by atoms with E-state index in [1.54, 1.807) is 0 Å². The van der Waals surface area contributed by atoms with Gasteiger partial charge in [-0.05, 0) is 41.8 Å². The fourth-order valence-corrected chi connectivity index (χ4v) is 2.96. The highest BCUT2D eigenvalue weighted by Crippen LogP contribution is 2.33. The van der Waals surface area contributed by atoms with Gasteiger partial charge in [0.1, 0.15) is 24.7 Å². The van der Waals surface area contributed by atoms with Crippen LogP contribution in [0.5, 0.6) is 11.5 Å². The molecule has 0 saturated heterocycles. The number of hydrogen-bond acceptors (Lipinski definition) is 6. The minimum atomic E-state index is -0.683. The molecule has 0 bridgehead atoms. The summed E-state index contributed by atoms with van der Waals surface area (Å²) < 4.78 is 16.2. The van der Waals surface area contributed by atoms with Gasteiger partial charge in [-0.3, -0.25) is 4.79 Å². The number of esters is 1. The summed E-state index contributed by atoms with van der Waals surface area (Å²) in [5, 5.41) is 18.9. The molecule has 30 heavy (non-hydrogen) atoms. The zero-order valence-corrected chi connectivity index (χ0v) is 18.1. The summed E-state index contributed by atoms with van der Waals surface area (Å²) >= 11 is 0. The molecule has 0 amide bonds. The fourth-order valence-electron chi connectivity index (χ4n) is 2.96.